The predicted molar refractivity (Wildman–Crippen MR) is 220 cm³/mol. The fourth-order valence-corrected chi connectivity index (χ4v) is 7.13. The molecule has 56 heavy (non-hydrogen) atoms. The average Bonchev–Trinajstić information content (AvgIpc) is 3.27. The molecule has 8 aromatic heterocycles. The molecule has 8 nitrogen and oxygen atoms in total. The molecule has 8 heteroatoms. The quantitative estimate of drug-likeness (QED) is 0.153. The Balaban J connectivity index is 1.02. The number of hydrogen-bond acceptors (Lipinski definition) is 8. The summed E-state index contributed by atoms with van der Waals surface area (Å²) < 4.78 is 0. The van der Waals surface area contributed by atoms with E-state index < -0.39 is 0 Å². The Morgan fingerprint density at radius 1 is 0.179 bits per heavy atom. The van der Waals surface area contributed by atoms with Crippen molar-refractivity contribution in [3.05, 3.63) is 191 Å². The number of aryl methyl sites for hydroxylation is 8. The van der Waals surface area contributed by atoms with Gasteiger partial charge in [-0.3, -0.25) is 29.9 Å². The second-order valence-electron chi connectivity index (χ2n) is 14.1. The van der Waals surface area contributed by atoms with Crippen molar-refractivity contribution in [1.82, 2.24) is 39.9 Å². The summed E-state index contributed by atoms with van der Waals surface area (Å²) in [7, 11) is 0. The van der Waals surface area contributed by atoms with Crippen LogP contribution in [0, 0.1) is 0 Å². The first-order valence-electron chi connectivity index (χ1n) is 19.4. The van der Waals surface area contributed by atoms with Gasteiger partial charge in [0, 0.05) is 45.6 Å². The van der Waals surface area contributed by atoms with Crippen molar-refractivity contribution in [3.63, 3.8) is 0 Å². The molecule has 0 fully saturated rings. The number of fused-ring (bicyclic) bond motifs is 20. The zero-order valence-electron chi connectivity index (χ0n) is 31.1. The number of nitrogens with zero attached hydrogens (tertiary/aromatic N) is 8. The Kier molecular flexibility index (Phi) is 10.2. The molecule has 9 rings (SSSR count). The van der Waals surface area contributed by atoms with Crippen molar-refractivity contribution in [2.75, 3.05) is 0 Å². The van der Waals surface area contributed by atoms with E-state index in [1.807, 2.05) is 60.7 Å². The van der Waals surface area contributed by atoms with Gasteiger partial charge in [-0.05, 0) is 148 Å². The molecular weight excluding hydrogens is 689 g/mol. The van der Waals surface area contributed by atoms with E-state index in [9.17, 15) is 0 Å². The highest BCUT2D eigenvalue weighted by Crippen LogP contribution is 2.24. The van der Waals surface area contributed by atoms with Crippen LogP contribution in [0.2, 0.25) is 0 Å². The molecule has 0 saturated heterocycles. The Labute approximate surface area is 327 Å². The Hall–Kier alpha value is -6.80. The average molecular weight is 729 g/mol. The van der Waals surface area contributed by atoms with Crippen LogP contribution in [0.15, 0.2) is 146 Å². The minimum absolute atomic E-state index is 0.779. The second kappa shape index (κ2) is 16.3. The second-order valence-corrected chi connectivity index (χ2v) is 14.1. The molecule has 1 aliphatic heterocycles. The molecule has 0 radical (unpaired) electrons. The van der Waals surface area contributed by atoms with Gasteiger partial charge in [-0.15, -0.1) is 0 Å². The van der Waals surface area contributed by atoms with Crippen LogP contribution in [0.25, 0.3) is 45.6 Å². The SMILES string of the molecule is c1cc2nc(c1)CCc1cccc(n1)-c1cccc(n1)-c1cccc(n1)CCc1cccc(n1)CCc1cccc(n1)-c1cccc(n1)-c1cccc(n1)CC2. The highest BCUT2D eigenvalue weighted by Gasteiger charge is 2.12. The molecular formula is C48H40N8. The van der Waals surface area contributed by atoms with Crippen molar-refractivity contribution in [2.45, 2.75) is 51.4 Å². The van der Waals surface area contributed by atoms with Gasteiger partial charge in [-0.25, -0.2) is 9.97 Å². The van der Waals surface area contributed by atoms with Crippen LogP contribution >= 0.6 is 0 Å². The van der Waals surface area contributed by atoms with Gasteiger partial charge >= 0.3 is 0 Å². The zero-order valence-corrected chi connectivity index (χ0v) is 31.1. The summed E-state index contributed by atoms with van der Waals surface area (Å²) >= 11 is 0. The van der Waals surface area contributed by atoms with Gasteiger partial charge in [0.05, 0.1) is 45.6 Å². The van der Waals surface area contributed by atoms with Crippen LogP contribution in [0.4, 0.5) is 0 Å². The molecule has 272 valence electrons. The van der Waals surface area contributed by atoms with E-state index >= 15 is 0 Å². The molecule has 0 unspecified atom stereocenters. The highest BCUT2D eigenvalue weighted by atomic mass is 14.8. The van der Waals surface area contributed by atoms with E-state index in [0.29, 0.717) is 0 Å². The molecule has 0 saturated carbocycles. The molecule has 0 N–H and O–H groups in total. The third-order valence-corrected chi connectivity index (χ3v) is 10.1. The van der Waals surface area contributed by atoms with Crippen LogP contribution in [-0.4, -0.2) is 39.9 Å². The van der Waals surface area contributed by atoms with Gasteiger partial charge < -0.3 is 0 Å². The van der Waals surface area contributed by atoms with Gasteiger partial charge in [0.15, 0.2) is 0 Å². The van der Waals surface area contributed by atoms with Gasteiger partial charge in [-0.1, -0.05) is 48.5 Å². The molecule has 0 aliphatic carbocycles. The first kappa shape index (κ1) is 34.9. The summed E-state index contributed by atoms with van der Waals surface area (Å²) in [4.78, 5) is 40.1. The van der Waals surface area contributed by atoms with Crippen LogP contribution in [0.1, 0.15) is 45.6 Å². The number of aromatic nitrogens is 8. The standard InChI is InChI=1S/C48H40N8/c1-9-33-25-29-37-13-3-17-41(51-37)45-21-7-23-47(55-45)43-19-5-15-39(53-43)31-27-35-11-2-12-36(50-35)28-32-40-16-6-20-44(54-40)48-24-8-22-46(56-48)42-18-4-14-38(52-42)30-26-34(10-1)49-33/h1-24H,25-32H2. The van der Waals surface area contributed by atoms with Crippen molar-refractivity contribution in [3.8, 4) is 45.6 Å². The van der Waals surface area contributed by atoms with E-state index in [0.717, 1.165) is 142 Å². The summed E-state index contributed by atoms with van der Waals surface area (Å²) in [6, 6.07) is 49.4. The first-order chi connectivity index (χ1) is 27.7. The molecule has 1 aliphatic rings. The lowest BCUT2D eigenvalue weighted by Crippen LogP contribution is -2.03. The summed E-state index contributed by atoms with van der Waals surface area (Å²) in [5, 5.41) is 0. The van der Waals surface area contributed by atoms with Crippen molar-refractivity contribution in [1.29, 1.82) is 0 Å². The predicted octanol–water partition coefficient (Wildman–Crippen LogP) is 8.97. The third kappa shape index (κ3) is 8.45. The van der Waals surface area contributed by atoms with Gasteiger partial charge in [0.25, 0.3) is 0 Å². The minimum atomic E-state index is 0.779. The summed E-state index contributed by atoms with van der Waals surface area (Å²) in [6.45, 7) is 0. The van der Waals surface area contributed by atoms with Crippen molar-refractivity contribution >= 4 is 0 Å². The highest BCUT2D eigenvalue weighted by molar-refractivity contribution is 5.63. The normalized spacial score (nSPS) is 13.1. The summed E-state index contributed by atoms with van der Waals surface area (Å²) in [5.74, 6) is 0. The number of rotatable bonds is 0. The third-order valence-electron chi connectivity index (χ3n) is 10.1. The van der Waals surface area contributed by atoms with Crippen molar-refractivity contribution in [2.24, 2.45) is 0 Å². The Morgan fingerprint density at radius 2 is 0.339 bits per heavy atom. The topological polar surface area (TPSA) is 103 Å². The van der Waals surface area contributed by atoms with E-state index in [4.69, 9.17) is 39.9 Å². The van der Waals surface area contributed by atoms with Gasteiger partial charge in [0.2, 0.25) is 0 Å². The molecule has 0 spiro atoms. The molecule has 16 bridgehead atoms. The lowest BCUT2D eigenvalue weighted by atomic mass is 10.1. The monoisotopic (exact) mass is 728 g/mol. The van der Waals surface area contributed by atoms with E-state index in [1.165, 1.54) is 0 Å². The lowest BCUT2D eigenvalue weighted by Gasteiger charge is -2.09. The fraction of sp³-hybridized carbons (Fsp3) is 0.167. The smallest absolute Gasteiger partial charge is 0.0894 e. The van der Waals surface area contributed by atoms with Crippen LogP contribution in [0.3, 0.4) is 0 Å². The van der Waals surface area contributed by atoms with Crippen LogP contribution in [0.5, 0.6) is 0 Å². The molecule has 0 amide bonds. The van der Waals surface area contributed by atoms with E-state index in [2.05, 4.69) is 84.9 Å². The Morgan fingerprint density at radius 3 is 0.571 bits per heavy atom. The van der Waals surface area contributed by atoms with E-state index in [1.54, 1.807) is 0 Å². The minimum Gasteiger partial charge on any atom is -0.258 e. The lowest BCUT2D eigenvalue weighted by molar-refractivity contribution is 0.833. The summed E-state index contributed by atoms with van der Waals surface area (Å²) in [5.41, 5.74) is 14.9. The molecule has 9 heterocycles. The summed E-state index contributed by atoms with van der Waals surface area (Å²) in [6.07, 6.45) is 6.29. The fourth-order valence-electron chi connectivity index (χ4n) is 7.13. The number of hydrogen-bond donors (Lipinski definition) is 0. The van der Waals surface area contributed by atoms with E-state index in [-0.39, 0.29) is 0 Å². The maximum absolute atomic E-state index is 5.01. The maximum atomic E-state index is 5.01. The van der Waals surface area contributed by atoms with Gasteiger partial charge in [0.1, 0.15) is 0 Å². The van der Waals surface area contributed by atoms with Gasteiger partial charge in [-0.2, -0.15) is 0 Å². The molecule has 0 atom stereocenters. The largest absolute Gasteiger partial charge is 0.258 e. The maximum Gasteiger partial charge on any atom is 0.0894 e. The van der Waals surface area contributed by atoms with Crippen LogP contribution in [-0.2, 0) is 51.4 Å². The van der Waals surface area contributed by atoms with Crippen molar-refractivity contribution < 1.29 is 0 Å². The number of pyridine rings is 8. The molecule has 8 aromatic rings. The molecule has 0 aromatic carbocycles. The Bertz CT molecular complexity index is 2290. The zero-order chi connectivity index (χ0) is 37.5. The first-order valence-corrected chi connectivity index (χ1v) is 19.4. The van der Waals surface area contributed by atoms with Crippen LogP contribution < -0.4 is 0 Å².